The fourth-order valence-corrected chi connectivity index (χ4v) is 2.57. The third-order valence-electron chi connectivity index (χ3n) is 3.30. The standard InChI is InChI=1S/C17H6Cl4O5/c18-14(23)9-1-7(2-10(5-9)15(19)24)13(22)8-3-11(16(20)25)6-12(4-8)17(21)26/h1-6H. The Kier molecular flexibility index (Phi) is 6.31. The van der Waals surface area contributed by atoms with Crippen molar-refractivity contribution in [2.45, 2.75) is 0 Å². The molecule has 0 amide bonds. The molecule has 0 spiro atoms. The molecule has 0 fully saturated rings. The predicted molar refractivity (Wildman–Crippen MR) is 97.1 cm³/mol. The van der Waals surface area contributed by atoms with Gasteiger partial charge in [-0.15, -0.1) is 0 Å². The van der Waals surface area contributed by atoms with Crippen molar-refractivity contribution in [3.8, 4) is 0 Å². The van der Waals surface area contributed by atoms with Crippen LogP contribution >= 0.6 is 46.4 Å². The van der Waals surface area contributed by atoms with E-state index in [-0.39, 0.29) is 33.4 Å². The predicted octanol–water partition coefficient (Wildman–Crippen LogP) is 4.43. The van der Waals surface area contributed by atoms with E-state index >= 15 is 0 Å². The Hall–Kier alpha value is -2.05. The Morgan fingerprint density at radius 3 is 0.808 bits per heavy atom. The minimum Gasteiger partial charge on any atom is -0.289 e. The summed E-state index contributed by atoms with van der Waals surface area (Å²) in [5, 5.41) is -3.61. The van der Waals surface area contributed by atoms with E-state index in [4.69, 9.17) is 46.4 Å². The van der Waals surface area contributed by atoms with Crippen molar-refractivity contribution in [1.82, 2.24) is 0 Å². The lowest BCUT2D eigenvalue weighted by molar-refractivity contribution is 0.103. The molecule has 2 aromatic rings. The molecule has 0 bridgehead atoms. The van der Waals surface area contributed by atoms with Crippen molar-refractivity contribution in [2.24, 2.45) is 0 Å². The van der Waals surface area contributed by atoms with Crippen molar-refractivity contribution in [2.75, 3.05) is 0 Å². The van der Waals surface area contributed by atoms with E-state index in [2.05, 4.69) is 0 Å². The highest BCUT2D eigenvalue weighted by Crippen LogP contribution is 2.21. The maximum atomic E-state index is 12.7. The van der Waals surface area contributed by atoms with Crippen LogP contribution in [0.25, 0.3) is 0 Å². The van der Waals surface area contributed by atoms with Crippen LogP contribution in [-0.2, 0) is 0 Å². The Labute approximate surface area is 166 Å². The van der Waals surface area contributed by atoms with Gasteiger partial charge in [0.15, 0.2) is 5.78 Å². The van der Waals surface area contributed by atoms with E-state index in [0.717, 1.165) is 36.4 Å². The van der Waals surface area contributed by atoms with Gasteiger partial charge in [0.1, 0.15) is 0 Å². The summed E-state index contributed by atoms with van der Waals surface area (Å²) in [5.74, 6) is -0.706. The van der Waals surface area contributed by atoms with Crippen LogP contribution in [0.1, 0.15) is 57.4 Å². The van der Waals surface area contributed by atoms with Gasteiger partial charge in [0.25, 0.3) is 21.0 Å². The van der Waals surface area contributed by atoms with Crippen LogP contribution in [0.4, 0.5) is 0 Å². The summed E-state index contributed by atoms with van der Waals surface area (Å²) in [6.07, 6.45) is 0. The number of hydrogen-bond donors (Lipinski definition) is 0. The zero-order valence-corrected chi connectivity index (χ0v) is 15.5. The van der Waals surface area contributed by atoms with Gasteiger partial charge in [0, 0.05) is 33.4 Å². The molecule has 132 valence electrons. The number of carbonyl (C=O) groups is 5. The minimum atomic E-state index is -0.903. The highest BCUT2D eigenvalue weighted by atomic mass is 35.5. The van der Waals surface area contributed by atoms with Crippen LogP contribution in [0.5, 0.6) is 0 Å². The van der Waals surface area contributed by atoms with Gasteiger partial charge in [0.05, 0.1) is 0 Å². The number of ketones is 1. The normalized spacial score (nSPS) is 10.3. The molecule has 9 heteroatoms. The number of rotatable bonds is 6. The summed E-state index contributed by atoms with van der Waals surface area (Å²) in [6, 6.07) is 6.87. The van der Waals surface area contributed by atoms with Crippen molar-refractivity contribution in [1.29, 1.82) is 0 Å². The number of carbonyl (C=O) groups excluding carboxylic acids is 5. The molecule has 2 aromatic carbocycles. The summed E-state index contributed by atoms with van der Waals surface area (Å²) >= 11 is 21.6. The van der Waals surface area contributed by atoms with E-state index in [1.807, 2.05) is 0 Å². The average Bonchev–Trinajstić information content (AvgIpc) is 2.59. The molecule has 0 aliphatic carbocycles. The van der Waals surface area contributed by atoms with Gasteiger partial charge in [-0.1, -0.05) is 0 Å². The second-order valence-electron chi connectivity index (χ2n) is 5.02. The van der Waals surface area contributed by atoms with E-state index in [0.29, 0.717) is 0 Å². The summed E-state index contributed by atoms with van der Waals surface area (Å²) in [4.78, 5) is 58.3. The fraction of sp³-hybridized carbons (Fsp3) is 0. The molecule has 0 aromatic heterocycles. The lowest BCUT2D eigenvalue weighted by Gasteiger charge is -2.07. The molecule has 5 nitrogen and oxygen atoms in total. The molecule has 0 N–H and O–H groups in total. The first kappa shape index (κ1) is 20.3. The van der Waals surface area contributed by atoms with Gasteiger partial charge < -0.3 is 0 Å². The van der Waals surface area contributed by atoms with E-state index in [1.54, 1.807) is 0 Å². The first-order chi connectivity index (χ1) is 12.1. The molecule has 0 saturated heterocycles. The zero-order chi connectivity index (χ0) is 19.6. The van der Waals surface area contributed by atoms with Crippen LogP contribution in [-0.4, -0.2) is 26.8 Å². The molecule has 0 saturated carbocycles. The van der Waals surface area contributed by atoms with Gasteiger partial charge in [0.2, 0.25) is 0 Å². The minimum absolute atomic E-state index is 0.104. The van der Waals surface area contributed by atoms with Gasteiger partial charge in [-0.05, 0) is 82.8 Å². The summed E-state index contributed by atoms with van der Waals surface area (Å²) < 4.78 is 0. The van der Waals surface area contributed by atoms with Crippen LogP contribution in [0, 0.1) is 0 Å². The second kappa shape index (κ2) is 8.10. The van der Waals surface area contributed by atoms with Crippen LogP contribution in [0.2, 0.25) is 0 Å². The molecule has 26 heavy (non-hydrogen) atoms. The van der Waals surface area contributed by atoms with E-state index in [1.165, 1.54) is 0 Å². The largest absolute Gasteiger partial charge is 0.289 e. The van der Waals surface area contributed by atoms with Gasteiger partial charge in [-0.2, -0.15) is 0 Å². The van der Waals surface area contributed by atoms with Crippen LogP contribution < -0.4 is 0 Å². The van der Waals surface area contributed by atoms with Crippen LogP contribution in [0.15, 0.2) is 36.4 Å². The summed E-state index contributed by atoms with van der Waals surface area (Å²) in [5.41, 5.74) is -0.709. The summed E-state index contributed by atoms with van der Waals surface area (Å²) in [6.45, 7) is 0. The lowest BCUT2D eigenvalue weighted by atomic mass is 9.96. The highest BCUT2D eigenvalue weighted by Gasteiger charge is 2.19. The molecule has 0 aliphatic heterocycles. The lowest BCUT2D eigenvalue weighted by Crippen LogP contribution is -2.08. The molecular weight excluding hydrogens is 426 g/mol. The quantitative estimate of drug-likeness (QED) is 0.498. The number of benzene rings is 2. The molecule has 0 atom stereocenters. The number of hydrogen-bond acceptors (Lipinski definition) is 5. The van der Waals surface area contributed by atoms with Crippen LogP contribution in [0.3, 0.4) is 0 Å². The molecule has 0 heterocycles. The third-order valence-corrected chi connectivity index (χ3v) is 4.17. The topological polar surface area (TPSA) is 85.3 Å². The third kappa shape index (κ3) is 4.56. The fourth-order valence-electron chi connectivity index (χ4n) is 2.14. The molecule has 0 aliphatic rings. The maximum Gasteiger partial charge on any atom is 0.252 e. The molecule has 0 unspecified atom stereocenters. The molecule has 2 rings (SSSR count). The van der Waals surface area contributed by atoms with Crippen molar-refractivity contribution >= 4 is 73.2 Å². The van der Waals surface area contributed by atoms with E-state index in [9.17, 15) is 24.0 Å². The van der Waals surface area contributed by atoms with Gasteiger partial charge in [-0.3, -0.25) is 24.0 Å². The monoisotopic (exact) mass is 430 g/mol. The molecular formula is C17H6Cl4O5. The SMILES string of the molecule is O=C(Cl)c1cc(C(=O)Cl)cc(C(=O)c2cc(C(=O)Cl)cc(C(=O)Cl)c2)c1. The van der Waals surface area contributed by atoms with Crippen molar-refractivity contribution in [3.05, 3.63) is 69.8 Å². The Bertz CT molecular complexity index is 839. The summed E-state index contributed by atoms with van der Waals surface area (Å²) in [7, 11) is 0. The Balaban J connectivity index is 2.65. The van der Waals surface area contributed by atoms with Gasteiger partial charge in [-0.25, -0.2) is 0 Å². The van der Waals surface area contributed by atoms with Gasteiger partial charge >= 0.3 is 0 Å². The Morgan fingerprint density at radius 1 is 0.423 bits per heavy atom. The average molecular weight is 432 g/mol. The maximum absolute atomic E-state index is 12.7. The van der Waals surface area contributed by atoms with Crippen molar-refractivity contribution in [3.63, 3.8) is 0 Å². The zero-order valence-electron chi connectivity index (χ0n) is 12.5. The van der Waals surface area contributed by atoms with Crippen molar-refractivity contribution < 1.29 is 24.0 Å². The number of halogens is 4. The smallest absolute Gasteiger partial charge is 0.252 e. The first-order valence-electron chi connectivity index (χ1n) is 6.74. The molecule has 0 radical (unpaired) electrons. The second-order valence-corrected chi connectivity index (χ2v) is 6.40. The highest BCUT2D eigenvalue weighted by molar-refractivity contribution is 6.70. The Morgan fingerprint density at radius 2 is 0.615 bits per heavy atom. The first-order valence-corrected chi connectivity index (χ1v) is 8.25. The van der Waals surface area contributed by atoms with E-state index < -0.39 is 26.8 Å².